The Morgan fingerprint density at radius 1 is 1.15 bits per heavy atom. The third kappa shape index (κ3) is 4.83. The Balaban J connectivity index is 1.63. The van der Waals surface area contributed by atoms with Gasteiger partial charge in [-0.05, 0) is 29.8 Å². The standard InChI is InChI=1S/C20H19FN2O3S/c1-25-17-8-7-13(9-18(17)26-2)10-20-22-14(12-27-20)11-19(24)23-16-6-4-3-5-15(16)21/h3-9,12H,10-11H2,1-2H3,(H,23,24). The van der Waals surface area contributed by atoms with Crippen molar-refractivity contribution in [3.63, 3.8) is 0 Å². The van der Waals surface area contributed by atoms with Crippen molar-refractivity contribution >= 4 is 22.9 Å². The Kier molecular flexibility index (Phi) is 6.03. The Morgan fingerprint density at radius 2 is 1.93 bits per heavy atom. The molecule has 0 atom stereocenters. The third-order valence-corrected chi connectivity index (χ3v) is 4.79. The number of ether oxygens (including phenoxy) is 2. The zero-order valence-corrected chi connectivity index (χ0v) is 15.8. The molecule has 27 heavy (non-hydrogen) atoms. The van der Waals surface area contributed by atoms with Crippen molar-refractivity contribution in [2.45, 2.75) is 12.8 Å². The predicted octanol–water partition coefficient (Wildman–Crippen LogP) is 4.07. The second-order valence-electron chi connectivity index (χ2n) is 5.80. The van der Waals surface area contributed by atoms with Crippen LogP contribution in [0.5, 0.6) is 11.5 Å². The minimum absolute atomic E-state index is 0.0940. The number of amides is 1. The van der Waals surface area contributed by atoms with E-state index < -0.39 is 5.82 Å². The molecule has 5 nitrogen and oxygen atoms in total. The number of para-hydroxylation sites is 1. The first-order valence-corrected chi connectivity index (χ1v) is 9.15. The molecule has 1 N–H and O–H groups in total. The monoisotopic (exact) mass is 386 g/mol. The number of rotatable bonds is 7. The first-order valence-electron chi connectivity index (χ1n) is 8.27. The maximum absolute atomic E-state index is 13.6. The molecular weight excluding hydrogens is 367 g/mol. The largest absolute Gasteiger partial charge is 0.493 e. The fraction of sp³-hybridized carbons (Fsp3) is 0.200. The number of methoxy groups -OCH3 is 2. The highest BCUT2D eigenvalue weighted by Gasteiger charge is 2.11. The van der Waals surface area contributed by atoms with E-state index >= 15 is 0 Å². The van der Waals surface area contributed by atoms with E-state index in [4.69, 9.17) is 9.47 Å². The van der Waals surface area contributed by atoms with Crippen LogP contribution in [0.3, 0.4) is 0 Å². The van der Waals surface area contributed by atoms with E-state index in [2.05, 4.69) is 10.3 Å². The van der Waals surface area contributed by atoms with Crippen molar-refractivity contribution in [1.82, 2.24) is 4.98 Å². The molecule has 0 aliphatic rings. The van der Waals surface area contributed by atoms with Gasteiger partial charge in [0, 0.05) is 11.8 Å². The van der Waals surface area contributed by atoms with E-state index in [0.717, 1.165) is 10.6 Å². The van der Waals surface area contributed by atoms with E-state index in [1.165, 1.54) is 23.5 Å². The number of nitrogens with zero attached hydrogens (tertiary/aromatic N) is 1. The van der Waals surface area contributed by atoms with Gasteiger partial charge in [-0.2, -0.15) is 0 Å². The summed E-state index contributed by atoms with van der Waals surface area (Å²) in [5, 5.41) is 5.30. The number of benzene rings is 2. The quantitative estimate of drug-likeness (QED) is 0.665. The van der Waals surface area contributed by atoms with Crippen LogP contribution < -0.4 is 14.8 Å². The summed E-state index contributed by atoms with van der Waals surface area (Å²) in [6, 6.07) is 11.8. The van der Waals surface area contributed by atoms with Crippen LogP contribution in [-0.4, -0.2) is 25.1 Å². The number of aromatic nitrogens is 1. The molecule has 0 saturated carbocycles. The van der Waals surface area contributed by atoms with Gasteiger partial charge in [-0.15, -0.1) is 11.3 Å². The van der Waals surface area contributed by atoms with Crippen molar-refractivity contribution in [1.29, 1.82) is 0 Å². The zero-order valence-electron chi connectivity index (χ0n) is 15.0. The molecule has 0 radical (unpaired) electrons. The van der Waals surface area contributed by atoms with Crippen LogP contribution in [0.4, 0.5) is 10.1 Å². The van der Waals surface area contributed by atoms with Crippen molar-refractivity contribution in [3.8, 4) is 11.5 Å². The summed E-state index contributed by atoms with van der Waals surface area (Å²) in [4.78, 5) is 16.6. The van der Waals surface area contributed by atoms with Crippen LogP contribution in [0.1, 0.15) is 16.3 Å². The number of nitrogens with one attached hydrogen (secondary N) is 1. The normalized spacial score (nSPS) is 10.5. The summed E-state index contributed by atoms with van der Waals surface area (Å²) in [6.45, 7) is 0. The lowest BCUT2D eigenvalue weighted by atomic mass is 10.1. The van der Waals surface area contributed by atoms with Crippen LogP contribution >= 0.6 is 11.3 Å². The molecule has 0 aliphatic heterocycles. The van der Waals surface area contributed by atoms with Crippen molar-refractivity contribution < 1.29 is 18.7 Å². The summed E-state index contributed by atoms with van der Waals surface area (Å²) in [5.41, 5.74) is 1.86. The van der Waals surface area contributed by atoms with Gasteiger partial charge in [0.15, 0.2) is 11.5 Å². The number of thiazole rings is 1. The second-order valence-corrected chi connectivity index (χ2v) is 6.75. The number of carbonyl (C=O) groups is 1. The van der Waals surface area contributed by atoms with Crippen LogP contribution in [0, 0.1) is 5.82 Å². The molecule has 1 amide bonds. The number of hydrogen-bond donors (Lipinski definition) is 1. The van der Waals surface area contributed by atoms with Crippen molar-refractivity contribution in [2.75, 3.05) is 19.5 Å². The average molecular weight is 386 g/mol. The van der Waals surface area contributed by atoms with E-state index in [9.17, 15) is 9.18 Å². The lowest BCUT2D eigenvalue weighted by Gasteiger charge is -2.08. The molecule has 0 unspecified atom stereocenters. The molecule has 1 heterocycles. The first kappa shape index (κ1) is 18.8. The molecule has 0 bridgehead atoms. The van der Waals surface area contributed by atoms with Crippen LogP contribution in [-0.2, 0) is 17.6 Å². The Morgan fingerprint density at radius 3 is 2.67 bits per heavy atom. The molecule has 0 aliphatic carbocycles. The Hall–Kier alpha value is -2.93. The van der Waals surface area contributed by atoms with Crippen molar-refractivity contribution in [3.05, 3.63) is 69.9 Å². The van der Waals surface area contributed by atoms with Gasteiger partial charge in [-0.3, -0.25) is 4.79 Å². The maximum atomic E-state index is 13.6. The highest BCUT2D eigenvalue weighted by Crippen LogP contribution is 2.29. The van der Waals surface area contributed by atoms with Gasteiger partial charge in [0.2, 0.25) is 5.91 Å². The van der Waals surface area contributed by atoms with Crippen LogP contribution in [0.2, 0.25) is 0 Å². The zero-order chi connectivity index (χ0) is 19.2. The molecule has 3 aromatic rings. The number of hydrogen-bond acceptors (Lipinski definition) is 5. The molecule has 1 aromatic heterocycles. The van der Waals surface area contributed by atoms with Gasteiger partial charge in [0.25, 0.3) is 0 Å². The van der Waals surface area contributed by atoms with Crippen molar-refractivity contribution in [2.24, 2.45) is 0 Å². The molecular formula is C20H19FN2O3S. The van der Waals surface area contributed by atoms with E-state index in [1.807, 2.05) is 23.6 Å². The van der Waals surface area contributed by atoms with Gasteiger partial charge in [-0.25, -0.2) is 9.37 Å². The highest BCUT2D eigenvalue weighted by molar-refractivity contribution is 7.09. The number of anilines is 1. The molecule has 2 aromatic carbocycles. The lowest BCUT2D eigenvalue weighted by molar-refractivity contribution is -0.115. The van der Waals surface area contributed by atoms with Gasteiger partial charge in [0.1, 0.15) is 5.82 Å². The average Bonchev–Trinajstić information content (AvgIpc) is 3.10. The highest BCUT2D eigenvalue weighted by atomic mass is 32.1. The SMILES string of the molecule is COc1ccc(Cc2nc(CC(=O)Nc3ccccc3F)cs2)cc1OC. The maximum Gasteiger partial charge on any atom is 0.230 e. The number of halogens is 1. The first-order chi connectivity index (χ1) is 13.1. The molecule has 140 valence electrons. The predicted molar refractivity (Wildman–Crippen MR) is 103 cm³/mol. The Labute approximate surface area is 160 Å². The second kappa shape index (κ2) is 8.64. The fourth-order valence-electron chi connectivity index (χ4n) is 2.60. The minimum atomic E-state index is -0.460. The van der Waals surface area contributed by atoms with Gasteiger partial charge in [0.05, 0.1) is 37.0 Å². The van der Waals surface area contributed by atoms with Gasteiger partial charge in [-0.1, -0.05) is 18.2 Å². The smallest absolute Gasteiger partial charge is 0.230 e. The molecule has 0 fully saturated rings. The Bertz CT molecular complexity index is 942. The lowest BCUT2D eigenvalue weighted by Crippen LogP contribution is -2.15. The van der Waals surface area contributed by atoms with E-state index in [-0.39, 0.29) is 18.0 Å². The minimum Gasteiger partial charge on any atom is -0.493 e. The summed E-state index contributed by atoms with van der Waals surface area (Å²) < 4.78 is 24.2. The van der Waals surface area contributed by atoms with E-state index in [1.54, 1.807) is 26.4 Å². The summed E-state index contributed by atoms with van der Waals surface area (Å²) >= 11 is 1.48. The summed E-state index contributed by atoms with van der Waals surface area (Å²) in [6.07, 6.45) is 0.719. The van der Waals surface area contributed by atoms with Gasteiger partial charge < -0.3 is 14.8 Å². The van der Waals surface area contributed by atoms with E-state index in [0.29, 0.717) is 23.6 Å². The van der Waals surface area contributed by atoms with Crippen LogP contribution in [0.15, 0.2) is 47.8 Å². The molecule has 7 heteroatoms. The fourth-order valence-corrected chi connectivity index (χ4v) is 3.43. The third-order valence-electron chi connectivity index (χ3n) is 3.89. The molecule has 3 rings (SSSR count). The molecule has 0 saturated heterocycles. The van der Waals surface area contributed by atoms with Crippen LogP contribution in [0.25, 0.3) is 0 Å². The number of carbonyl (C=O) groups excluding carboxylic acids is 1. The van der Waals surface area contributed by atoms with Gasteiger partial charge >= 0.3 is 0 Å². The summed E-state index contributed by atoms with van der Waals surface area (Å²) in [7, 11) is 3.19. The summed E-state index contributed by atoms with van der Waals surface area (Å²) in [5.74, 6) is 0.572. The molecule has 0 spiro atoms. The topological polar surface area (TPSA) is 60.5 Å².